The average molecular weight is 627 g/mol. The fourth-order valence-electron chi connectivity index (χ4n) is 3.91. The van der Waals surface area contributed by atoms with Crippen LogP contribution in [0.1, 0.15) is 29.0 Å². The van der Waals surface area contributed by atoms with E-state index in [9.17, 15) is 21.6 Å². The Labute approximate surface area is 232 Å². The number of alkyl halides is 3. The van der Waals surface area contributed by atoms with Crippen LogP contribution in [0, 0.1) is 5.40 Å². The van der Waals surface area contributed by atoms with E-state index in [1.165, 1.54) is 5.01 Å². The number of guanidine groups is 1. The van der Waals surface area contributed by atoms with Gasteiger partial charge >= 0.3 is 233 Å². The molecule has 4 rings (SSSR count). The molecule has 1 aliphatic heterocycles. The maximum atomic E-state index is 13.2. The van der Waals surface area contributed by atoms with Crippen molar-refractivity contribution in [1.82, 2.24) is 10.3 Å². The van der Waals surface area contributed by atoms with Gasteiger partial charge in [0, 0.05) is 0 Å². The van der Waals surface area contributed by atoms with Crippen LogP contribution in [0.4, 0.5) is 13.2 Å². The fraction of sp³-hybridized carbons (Fsp3) is 0.160. The van der Waals surface area contributed by atoms with Gasteiger partial charge in [0.25, 0.3) is 0 Å². The first-order valence-corrected chi connectivity index (χ1v) is 13.9. The van der Waals surface area contributed by atoms with Crippen LogP contribution in [0.2, 0.25) is 6.43 Å². The van der Waals surface area contributed by atoms with Gasteiger partial charge in [-0.05, 0) is 0 Å². The predicted molar refractivity (Wildman–Crippen MR) is 143 cm³/mol. The molecule has 0 amide bonds. The number of nitrogens with one attached hydrogen (secondary N) is 2. The summed E-state index contributed by atoms with van der Waals surface area (Å²) in [6.45, 7) is 0.207. The number of halogens is 4. The van der Waals surface area contributed by atoms with Gasteiger partial charge < -0.3 is 0 Å². The Kier molecular flexibility index (Phi) is 7.85. The molecule has 1 atom stereocenters. The first kappa shape index (κ1) is 26.4. The summed E-state index contributed by atoms with van der Waals surface area (Å²) in [6.07, 6.45) is -4.24. The van der Waals surface area contributed by atoms with Gasteiger partial charge in [-0.25, -0.2) is 0 Å². The molecule has 3 aromatic carbocycles. The van der Waals surface area contributed by atoms with Crippen LogP contribution in [0.25, 0.3) is 0 Å². The summed E-state index contributed by atoms with van der Waals surface area (Å²) >= 11 is 8.02. The second-order valence-corrected chi connectivity index (χ2v) is 11.2. The minimum absolute atomic E-state index is 0.0612. The Bertz CT molecular complexity index is 1540. The molecular weight excluding hydrogens is 606 g/mol. The van der Waals surface area contributed by atoms with Gasteiger partial charge in [-0.2, -0.15) is 0 Å². The zero-order valence-corrected chi connectivity index (χ0v) is 22.9. The molecular formula is C25H21ClF3N5O2SSe. The van der Waals surface area contributed by atoms with Crippen molar-refractivity contribution < 1.29 is 23.0 Å². The van der Waals surface area contributed by atoms with Crippen molar-refractivity contribution >= 4 is 54.0 Å². The summed E-state index contributed by atoms with van der Waals surface area (Å²) in [5.74, 6) is -0.469. The number of rotatable bonds is 4. The van der Waals surface area contributed by atoms with E-state index in [1.54, 1.807) is 24.3 Å². The number of benzene rings is 3. The van der Waals surface area contributed by atoms with Crippen molar-refractivity contribution in [2.24, 2.45) is 9.50 Å². The van der Waals surface area contributed by atoms with Gasteiger partial charge in [0.05, 0.1) is 0 Å². The minimum atomic E-state index is -4.74. The first-order chi connectivity index (χ1) is 18.5. The number of hydrazone groups is 1. The Morgan fingerprint density at radius 2 is 1.84 bits per heavy atom. The molecule has 0 bridgehead atoms. The Hall–Kier alpha value is -3.18. The molecule has 3 aromatic rings. The summed E-state index contributed by atoms with van der Waals surface area (Å²) in [6, 6.07) is 19.9. The molecule has 2 N–H and O–H groups in total. The molecule has 0 saturated carbocycles. The molecule has 198 valence electrons. The summed E-state index contributed by atoms with van der Waals surface area (Å²) in [5, 5.41) is 12.4. The van der Waals surface area contributed by atoms with Crippen LogP contribution in [-0.4, -0.2) is 52.4 Å². The van der Waals surface area contributed by atoms with Crippen molar-refractivity contribution in [1.29, 1.82) is 5.40 Å². The summed E-state index contributed by atoms with van der Waals surface area (Å²) in [5.41, 5.74) is 1.21. The Morgan fingerprint density at radius 3 is 2.50 bits per heavy atom. The molecule has 1 heterocycles. The molecule has 0 aromatic heterocycles. The number of nitrogens with zero attached hydrogens (tertiary/aromatic N) is 3. The normalized spacial score (nSPS) is 17.6. The van der Waals surface area contributed by atoms with Gasteiger partial charge in [0.2, 0.25) is 0 Å². The molecule has 1 aliphatic rings. The van der Waals surface area contributed by atoms with Crippen LogP contribution in [0.3, 0.4) is 0 Å². The van der Waals surface area contributed by atoms with Gasteiger partial charge in [0.1, 0.15) is 0 Å². The van der Waals surface area contributed by atoms with E-state index in [1.807, 2.05) is 46.3 Å². The molecule has 1 unspecified atom stereocenters. The molecule has 0 radical (unpaired) electrons. The van der Waals surface area contributed by atoms with Crippen molar-refractivity contribution in [3.63, 3.8) is 0 Å². The second kappa shape index (κ2) is 11.3. The topological polar surface area (TPSA) is 98.0 Å². The van der Waals surface area contributed by atoms with Crippen molar-refractivity contribution in [3.05, 3.63) is 101 Å². The number of hydrogen-bond donors (Lipinski definition) is 2. The maximum absolute atomic E-state index is 13.2. The van der Waals surface area contributed by atoms with Crippen LogP contribution >= 0.6 is 11.6 Å². The van der Waals surface area contributed by atoms with E-state index in [4.69, 9.17) is 18.1 Å². The molecule has 0 fully saturated rings. The molecule has 0 spiro atoms. The molecule has 0 aliphatic carbocycles. The van der Waals surface area contributed by atoms with Crippen molar-refractivity contribution in [2.75, 3.05) is 6.54 Å². The van der Waals surface area contributed by atoms with Crippen LogP contribution < -0.4 is 5.32 Å². The van der Waals surface area contributed by atoms with E-state index >= 15 is 0 Å². The number of sulfonamides is 1. The number of hydrogen-bond acceptors (Lipinski definition) is 4. The SMILES string of the molecule is [H]/N=C(\[SeH])N/C(=N/S(=O)(=O)c1cccc(C(F)(F)F)c1)N1CCC(c2ccccc2)C(c2ccc(Cl)cc2)=N1. The third kappa shape index (κ3) is 6.63. The van der Waals surface area contributed by atoms with Gasteiger partial charge in [-0.15, -0.1) is 0 Å². The van der Waals surface area contributed by atoms with Gasteiger partial charge in [-0.1, -0.05) is 0 Å². The molecule has 7 nitrogen and oxygen atoms in total. The van der Waals surface area contributed by atoms with Gasteiger partial charge in [0.15, 0.2) is 0 Å². The zero-order valence-electron chi connectivity index (χ0n) is 20.5. The van der Waals surface area contributed by atoms with Crippen LogP contribution in [-0.2, 0) is 16.2 Å². The van der Waals surface area contributed by atoms with E-state index in [2.05, 4.69) is 15.1 Å². The Morgan fingerprint density at radius 1 is 1.13 bits per heavy atom. The van der Waals surface area contributed by atoms with E-state index < -0.39 is 26.7 Å². The summed E-state index contributed by atoms with van der Waals surface area (Å²) in [7, 11) is -4.62. The van der Waals surface area contributed by atoms with E-state index in [-0.39, 0.29) is 23.2 Å². The third-order valence-electron chi connectivity index (χ3n) is 5.66. The summed E-state index contributed by atoms with van der Waals surface area (Å²) in [4.78, 5) is -0.646. The second-order valence-electron chi connectivity index (χ2n) is 8.23. The fourth-order valence-corrected chi connectivity index (χ4v) is 5.25. The zero-order chi connectivity index (χ0) is 28.2. The Balaban J connectivity index is 1.82. The monoisotopic (exact) mass is 627 g/mol. The van der Waals surface area contributed by atoms with Gasteiger partial charge in [-0.3, -0.25) is 0 Å². The van der Waals surface area contributed by atoms with Crippen molar-refractivity contribution in [2.45, 2.75) is 23.4 Å². The summed E-state index contributed by atoms with van der Waals surface area (Å²) < 4.78 is 76.9. The first-order valence-electron chi connectivity index (χ1n) is 11.6. The van der Waals surface area contributed by atoms with Crippen LogP contribution in [0.5, 0.6) is 0 Å². The molecule has 13 heteroatoms. The van der Waals surface area contributed by atoms with E-state index in [0.717, 1.165) is 29.3 Å². The van der Waals surface area contributed by atoms with Crippen LogP contribution in [0.15, 0.2) is 93.3 Å². The standard InChI is InChI=1S/C25H21ClF3N5O2SSe/c26-19-11-9-17(10-12-19)22-21(16-5-2-1-3-6-16)13-14-34(32-22)24(31-23(30)38)33-37(35,36)20-8-4-7-18(15-20)25(27,28)29/h1-12,15,21H,13-14H2,(H3,30,31,33,38). The quantitative estimate of drug-likeness (QED) is 0.249. The third-order valence-corrected chi connectivity index (χ3v) is 7.41. The number of amidine groups is 1. The van der Waals surface area contributed by atoms with E-state index in [0.29, 0.717) is 23.2 Å². The van der Waals surface area contributed by atoms with Crippen molar-refractivity contribution in [3.8, 4) is 0 Å². The average Bonchev–Trinajstić information content (AvgIpc) is 2.92. The molecule has 38 heavy (non-hydrogen) atoms. The molecule has 0 saturated heterocycles. The predicted octanol–water partition coefficient (Wildman–Crippen LogP) is 4.72.